The second kappa shape index (κ2) is 26.0. The number of hydrogen-bond acceptors (Lipinski definition) is 3. The summed E-state index contributed by atoms with van der Waals surface area (Å²) in [6.45, 7) is 9.60. The Morgan fingerprint density at radius 1 is 0.480 bits per heavy atom. The Balaban J connectivity index is 0.000000244. The van der Waals surface area contributed by atoms with Gasteiger partial charge in [-0.1, -0.05) is 165 Å². The van der Waals surface area contributed by atoms with E-state index in [1.807, 2.05) is 68.3 Å². The zero-order chi connectivity index (χ0) is 35.1. The third kappa shape index (κ3) is 16.9. The standard InChI is InChI=1S/3C13H15N2.3ClH.Cr.H3P/c3*1-2-3-9-15-10-13(14-11-15)12-7-5-4-6-8-12;;;;;/h3*4-8,10H,2-3,9H2,1H3;3*1H;;1H3/q3*-1;;;;+3;/p-3. The zero-order valence-electron chi connectivity index (χ0n) is 29.2. The molecule has 0 saturated heterocycles. The molecule has 11 heteroatoms. The third-order valence-corrected chi connectivity index (χ3v) is 7.20. The molecule has 0 saturated carbocycles. The van der Waals surface area contributed by atoms with Crippen molar-refractivity contribution in [2.75, 3.05) is 0 Å². The van der Waals surface area contributed by atoms with E-state index in [0.717, 1.165) is 53.4 Å². The summed E-state index contributed by atoms with van der Waals surface area (Å²) < 4.78 is 6.10. The molecule has 0 bridgehead atoms. The van der Waals surface area contributed by atoms with E-state index in [1.54, 1.807) is 0 Å². The molecule has 0 N–H and O–H groups in total. The fraction of sp³-hybridized carbons (Fsp3) is 0.308. The number of rotatable bonds is 12. The first kappa shape index (κ1) is 43.3. The van der Waals surface area contributed by atoms with Crippen LogP contribution in [0.15, 0.2) is 110 Å². The maximum atomic E-state index is 4.93. The molecular formula is C39H48Cl3CrN6P-3. The van der Waals surface area contributed by atoms with Crippen molar-refractivity contribution in [2.45, 2.75) is 78.9 Å². The molecule has 6 aromatic rings. The van der Waals surface area contributed by atoms with E-state index in [2.05, 4.69) is 110 Å². The molecule has 50 heavy (non-hydrogen) atoms. The molecule has 0 aliphatic carbocycles. The molecule has 3 aromatic carbocycles. The van der Waals surface area contributed by atoms with Crippen LogP contribution in [0.5, 0.6) is 0 Å². The molecule has 0 aliphatic rings. The first-order valence-corrected chi connectivity index (χ1v) is 21.9. The number of hydrogen-bond donors (Lipinski definition) is 0. The topological polar surface area (TPSA) is 53.5 Å². The molecule has 0 aliphatic heterocycles. The van der Waals surface area contributed by atoms with E-state index in [0.29, 0.717) is 0 Å². The van der Waals surface area contributed by atoms with Crippen LogP contribution in [0, 0.1) is 19.0 Å². The van der Waals surface area contributed by atoms with E-state index in [-0.39, 0.29) is 9.90 Å². The molecule has 1 atom stereocenters. The Morgan fingerprint density at radius 2 is 0.720 bits per heavy atom. The van der Waals surface area contributed by atoms with Gasteiger partial charge < -0.3 is 28.7 Å². The van der Waals surface area contributed by atoms with Crippen LogP contribution in [0.2, 0.25) is 0 Å². The predicted molar refractivity (Wildman–Crippen MR) is 213 cm³/mol. The quantitative estimate of drug-likeness (QED) is 0.0916. The molecule has 3 heterocycles. The number of imidazole rings is 3. The van der Waals surface area contributed by atoms with Gasteiger partial charge in [0, 0.05) is 19.0 Å². The van der Waals surface area contributed by atoms with Gasteiger partial charge in [-0.25, -0.2) is 0 Å². The first-order chi connectivity index (χ1) is 23.9. The molecule has 0 fully saturated rings. The van der Waals surface area contributed by atoms with Crippen LogP contribution in [0.4, 0.5) is 0 Å². The van der Waals surface area contributed by atoms with Gasteiger partial charge in [0.25, 0.3) is 0 Å². The zero-order valence-corrected chi connectivity index (χ0v) is 34.1. The summed E-state index contributed by atoms with van der Waals surface area (Å²) in [7, 11) is 14.8. The summed E-state index contributed by atoms with van der Waals surface area (Å²) in [5.41, 5.74) is 6.49. The van der Waals surface area contributed by atoms with Crippen LogP contribution in [-0.2, 0) is 31.0 Å². The van der Waals surface area contributed by atoms with Crippen LogP contribution in [0.3, 0.4) is 0 Å². The average molecular weight is 790 g/mol. The van der Waals surface area contributed by atoms with Crippen molar-refractivity contribution in [3.63, 3.8) is 0 Å². The first-order valence-electron chi connectivity index (χ1n) is 16.7. The SMILES string of the molecule is CCCCn1[c-]nc(-c2ccccc2)c1.CCCCn1[c-]nc(-c2ccccc2)c1.CCCCn1[c-]nc(-c2ccccc2)c1.P.[Cl][Cr]([Cl])[Cl]. The van der Waals surface area contributed by atoms with Gasteiger partial charge in [-0.2, -0.15) is 9.90 Å². The van der Waals surface area contributed by atoms with Crippen LogP contribution in [0.25, 0.3) is 33.8 Å². The van der Waals surface area contributed by atoms with Crippen molar-refractivity contribution >= 4 is 40.0 Å². The Kier molecular flexibility index (Phi) is 22.5. The minimum atomic E-state index is -1.62. The van der Waals surface area contributed by atoms with Gasteiger partial charge in [0.05, 0.1) is 0 Å². The molecule has 0 spiro atoms. The number of aromatic nitrogens is 6. The van der Waals surface area contributed by atoms with Gasteiger partial charge in [0.2, 0.25) is 0 Å². The van der Waals surface area contributed by atoms with E-state index < -0.39 is 11.4 Å². The van der Waals surface area contributed by atoms with Gasteiger partial charge in [0.15, 0.2) is 0 Å². The maximum absolute atomic E-state index is 4.93. The van der Waals surface area contributed by atoms with Crippen LogP contribution in [-0.4, -0.2) is 28.7 Å². The van der Waals surface area contributed by atoms with E-state index in [4.69, 9.17) is 30.1 Å². The summed E-state index contributed by atoms with van der Waals surface area (Å²) >= 11 is -1.62. The van der Waals surface area contributed by atoms with Gasteiger partial charge in [-0.3, -0.25) is 0 Å². The second-order valence-corrected chi connectivity index (χ2v) is 17.4. The number of aryl methyl sites for hydroxylation is 3. The van der Waals surface area contributed by atoms with E-state index >= 15 is 0 Å². The third-order valence-electron chi connectivity index (χ3n) is 7.20. The van der Waals surface area contributed by atoms with Gasteiger partial charge in [-0.15, -0.1) is 18.6 Å². The monoisotopic (exact) mass is 788 g/mol. The molecular weight excluding hydrogens is 742 g/mol. The Labute approximate surface area is 319 Å². The summed E-state index contributed by atoms with van der Waals surface area (Å²) in [5.74, 6) is 0. The fourth-order valence-corrected chi connectivity index (χ4v) is 4.54. The number of unbranched alkanes of at least 4 members (excludes halogenated alkanes) is 3. The molecule has 269 valence electrons. The summed E-state index contributed by atoms with van der Waals surface area (Å²) in [5, 5.41) is 0. The van der Waals surface area contributed by atoms with E-state index in [9.17, 15) is 0 Å². The van der Waals surface area contributed by atoms with E-state index in [1.165, 1.54) is 38.5 Å². The minimum absolute atomic E-state index is 0. The summed E-state index contributed by atoms with van der Waals surface area (Å²) in [6.07, 6.45) is 22.3. The van der Waals surface area contributed by atoms with Gasteiger partial charge in [-0.05, 0) is 38.9 Å². The summed E-state index contributed by atoms with van der Waals surface area (Å²) in [6, 6.07) is 30.6. The number of halogens is 3. The average Bonchev–Trinajstić information content (AvgIpc) is 3.92. The van der Waals surface area contributed by atoms with Crippen molar-refractivity contribution in [2.24, 2.45) is 0 Å². The predicted octanol–water partition coefficient (Wildman–Crippen LogP) is 11.6. The number of nitrogens with zero attached hydrogens (tertiary/aromatic N) is 6. The van der Waals surface area contributed by atoms with Crippen molar-refractivity contribution in [1.82, 2.24) is 28.7 Å². The van der Waals surface area contributed by atoms with Crippen molar-refractivity contribution < 1.29 is 11.4 Å². The molecule has 0 amide bonds. The fourth-order valence-electron chi connectivity index (χ4n) is 4.54. The van der Waals surface area contributed by atoms with Crippen molar-refractivity contribution in [3.8, 4) is 33.8 Å². The Hall–Kier alpha value is -2.88. The van der Waals surface area contributed by atoms with Crippen LogP contribution in [0.1, 0.15) is 59.3 Å². The van der Waals surface area contributed by atoms with Crippen molar-refractivity contribution in [1.29, 1.82) is 0 Å². The van der Waals surface area contributed by atoms with Crippen LogP contribution < -0.4 is 0 Å². The molecule has 1 unspecified atom stereocenters. The molecule has 0 radical (unpaired) electrons. The number of benzene rings is 3. The van der Waals surface area contributed by atoms with Gasteiger partial charge in [0.1, 0.15) is 0 Å². The van der Waals surface area contributed by atoms with Crippen LogP contribution >= 0.6 is 40.0 Å². The normalized spacial score (nSPS) is 10.1. The summed E-state index contributed by atoms with van der Waals surface area (Å²) in [4.78, 5) is 12.8. The Morgan fingerprint density at radius 3 is 0.940 bits per heavy atom. The van der Waals surface area contributed by atoms with Crippen molar-refractivity contribution in [3.05, 3.63) is 129 Å². The second-order valence-electron chi connectivity index (χ2n) is 11.1. The molecule has 6 nitrogen and oxygen atoms in total. The Bertz CT molecular complexity index is 1480. The van der Waals surface area contributed by atoms with Gasteiger partial charge >= 0.3 is 41.5 Å². The molecule has 6 rings (SSSR count). The molecule has 3 aromatic heterocycles.